The molecular weight excluding hydrogens is 289 g/mol. The Morgan fingerprint density at radius 1 is 1.33 bits per heavy atom. The summed E-state index contributed by atoms with van der Waals surface area (Å²) in [5.41, 5.74) is 3.07. The second-order valence-corrected chi connectivity index (χ2v) is 9.07. The molecule has 0 heterocycles. The molecule has 0 saturated carbocycles. The summed E-state index contributed by atoms with van der Waals surface area (Å²) in [6.45, 7) is 7.20. The van der Waals surface area contributed by atoms with E-state index < -0.39 is 13.0 Å². The number of carbonyl (C=O) groups excluding carboxylic acids is 1. The maximum absolute atomic E-state index is 11.7. The second kappa shape index (κ2) is 7.59. The van der Waals surface area contributed by atoms with Crippen LogP contribution < -0.4 is 10.6 Å². The highest BCUT2D eigenvalue weighted by molar-refractivity contribution is 7.62. The first-order valence-corrected chi connectivity index (χ1v) is 9.53. The van der Waals surface area contributed by atoms with Gasteiger partial charge in [-0.15, -0.1) is 0 Å². The Morgan fingerprint density at radius 2 is 2.00 bits per heavy atom. The monoisotopic (exact) mass is 313 g/mol. The standard InChI is InChI=1S/C14H24N3O3P/c1-11-5-6-13(12(2)7-11)16-9-17(19)14(18)8-15-10-21(3,4)20/h5-7,15-16,19H,8-10H2,1-4H3. The second-order valence-electron chi connectivity index (χ2n) is 5.61. The highest BCUT2D eigenvalue weighted by Gasteiger charge is 2.12. The van der Waals surface area contributed by atoms with Gasteiger partial charge in [0.2, 0.25) is 0 Å². The Morgan fingerprint density at radius 3 is 2.57 bits per heavy atom. The molecule has 0 radical (unpaired) electrons. The minimum absolute atomic E-state index is 0.000322. The van der Waals surface area contributed by atoms with E-state index in [2.05, 4.69) is 10.6 Å². The molecule has 0 unspecified atom stereocenters. The topological polar surface area (TPSA) is 81.7 Å². The van der Waals surface area contributed by atoms with Crippen LogP contribution in [0.4, 0.5) is 5.69 Å². The highest BCUT2D eigenvalue weighted by atomic mass is 31.2. The molecule has 0 aromatic heterocycles. The van der Waals surface area contributed by atoms with Crippen molar-refractivity contribution < 1.29 is 14.6 Å². The van der Waals surface area contributed by atoms with E-state index >= 15 is 0 Å². The molecule has 3 N–H and O–H groups in total. The van der Waals surface area contributed by atoms with Crippen molar-refractivity contribution in [1.29, 1.82) is 0 Å². The third kappa shape index (κ3) is 6.76. The fourth-order valence-corrected chi connectivity index (χ4v) is 2.43. The molecule has 118 valence electrons. The number of hydroxylamine groups is 2. The number of amides is 1. The van der Waals surface area contributed by atoms with Crippen molar-refractivity contribution in [2.75, 3.05) is 38.1 Å². The molecule has 7 heteroatoms. The van der Waals surface area contributed by atoms with Gasteiger partial charge in [-0.3, -0.25) is 10.0 Å². The number of rotatable bonds is 7. The molecule has 21 heavy (non-hydrogen) atoms. The third-order valence-corrected chi connectivity index (χ3v) is 3.84. The molecule has 0 bridgehead atoms. The van der Waals surface area contributed by atoms with Gasteiger partial charge in [0.05, 0.1) is 13.7 Å². The Labute approximate surface area is 125 Å². The predicted molar refractivity (Wildman–Crippen MR) is 85.4 cm³/mol. The average Bonchev–Trinajstić information content (AvgIpc) is 2.35. The molecular formula is C14H24N3O3P. The number of hydrogen-bond acceptors (Lipinski definition) is 5. The fourth-order valence-electron chi connectivity index (χ4n) is 1.78. The van der Waals surface area contributed by atoms with Crippen molar-refractivity contribution in [1.82, 2.24) is 10.4 Å². The fraction of sp³-hybridized carbons (Fsp3) is 0.500. The summed E-state index contributed by atoms with van der Waals surface area (Å²) in [6, 6.07) is 5.89. The van der Waals surface area contributed by atoms with Gasteiger partial charge in [0.25, 0.3) is 5.91 Å². The molecule has 1 aromatic rings. The van der Waals surface area contributed by atoms with Crippen molar-refractivity contribution in [2.45, 2.75) is 13.8 Å². The summed E-state index contributed by atoms with van der Waals surface area (Å²) < 4.78 is 11.5. The van der Waals surface area contributed by atoms with Crippen LogP contribution in [0.15, 0.2) is 18.2 Å². The van der Waals surface area contributed by atoms with Crippen LogP contribution in [0, 0.1) is 13.8 Å². The third-order valence-electron chi connectivity index (χ3n) is 2.86. The molecule has 0 spiro atoms. The first-order chi connectivity index (χ1) is 9.69. The SMILES string of the molecule is Cc1ccc(NCN(O)C(=O)CNCP(C)(C)=O)c(C)c1. The van der Waals surface area contributed by atoms with Crippen molar-refractivity contribution in [2.24, 2.45) is 0 Å². The largest absolute Gasteiger partial charge is 0.366 e. The summed E-state index contributed by atoms with van der Waals surface area (Å²) in [7, 11) is -2.21. The number of benzene rings is 1. The lowest BCUT2D eigenvalue weighted by Gasteiger charge is -2.18. The van der Waals surface area contributed by atoms with Crippen LogP contribution in [0.2, 0.25) is 0 Å². The number of anilines is 1. The molecule has 6 nitrogen and oxygen atoms in total. The quantitative estimate of drug-likeness (QED) is 0.311. The number of hydrogen-bond donors (Lipinski definition) is 3. The maximum Gasteiger partial charge on any atom is 0.261 e. The predicted octanol–water partition coefficient (Wildman–Crippen LogP) is 2.06. The van der Waals surface area contributed by atoms with Crippen molar-refractivity contribution >= 4 is 18.7 Å². The van der Waals surface area contributed by atoms with Gasteiger partial charge in [-0.2, -0.15) is 0 Å². The van der Waals surface area contributed by atoms with Crippen LogP contribution in [-0.2, 0) is 9.36 Å². The lowest BCUT2D eigenvalue weighted by molar-refractivity contribution is -0.162. The molecule has 0 fully saturated rings. The van der Waals surface area contributed by atoms with Crippen LogP contribution in [0.25, 0.3) is 0 Å². The molecule has 1 aromatic carbocycles. The average molecular weight is 313 g/mol. The van der Waals surface area contributed by atoms with Gasteiger partial charge in [0.15, 0.2) is 0 Å². The minimum Gasteiger partial charge on any atom is -0.366 e. The van der Waals surface area contributed by atoms with Crippen molar-refractivity contribution in [3.8, 4) is 0 Å². The zero-order valence-electron chi connectivity index (χ0n) is 13.0. The van der Waals surface area contributed by atoms with E-state index in [9.17, 15) is 14.6 Å². The molecule has 0 aliphatic carbocycles. The summed E-state index contributed by atoms with van der Waals surface area (Å²) >= 11 is 0. The van der Waals surface area contributed by atoms with E-state index in [-0.39, 0.29) is 19.5 Å². The summed E-state index contributed by atoms with van der Waals surface area (Å²) in [6.07, 6.45) is 0.275. The summed E-state index contributed by atoms with van der Waals surface area (Å²) in [5, 5.41) is 16.1. The van der Waals surface area contributed by atoms with E-state index in [1.807, 2.05) is 32.0 Å². The number of carbonyl (C=O) groups is 1. The number of nitrogens with one attached hydrogen (secondary N) is 2. The first kappa shape index (κ1) is 17.7. The van der Waals surface area contributed by atoms with Crippen LogP contribution in [0.1, 0.15) is 11.1 Å². The van der Waals surface area contributed by atoms with Gasteiger partial charge in [-0.25, -0.2) is 5.06 Å². The van der Waals surface area contributed by atoms with Gasteiger partial charge in [0, 0.05) is 12.0 Å². The van der Waals surface area contributed by atoms with Gasteiger partial charge in [0.1, 0.15) is 6.67 Å². The number of aryl methyl sites for hydroxylation is 2. The van der Waals surface area contributed by atoms with E-state index in [0.29, 0.717) is 5.06 Å². The van der Waals surface area contributed by atoms with E-state index in [1.54, 1.807) is 13.3 Å². The van der Waals surface area contributed by atoms with Gasteiger partial charge < -0.3 is 15.2 Å². The molecule has 1 rings (SSSR count). The summed E-state index contributed by atoms with van der Waals surface area (Å²) in [5.74, 6) is -0.472. The van der Waals surface area contributed by atoms with Gasteiger partial charge >= 0.3 is 0 Å². The lowest BCUT2D eigenvalue weighted by Crippen LogP contribution is -2.39. The van der Waals surface area contributed by atoms with Crippen molar-refractivity contribution in [3.05, 3.63) is 29.3 Å². The molecule has 0 aliphatic heterocycles. The van der Waals surface area contributed by atoms with Crippen LogP contribution >= 0.6 is 7.14 Å². The Bertz CT molecular complexity index is 542. The Kier molecular flexibility index (Phi) is 6.40. The summed E-state index contributed by atoms with van der Waals surface area (Å²) in [4.78, 5) is 11.7. The molecule has 0 saturated heterocycles. The number of nitrogens with zero attached hydrogens (tertiary/aromatic N) is 1. The Hall–Kier alpha value is -1.36. The maximum atomic E-state index is 11.7. The van der Waals surface area contributed by atoms with Crippen LogP contribution in [0.3, 0.4) is 0 Å². The van der Waals surface area contributed by atoms with Crippen molar-refractivity contribution in [3.63, 3.8) is 0 Å². The molecule has 0 aliphatic rings. The Balaban J connectivity index is 2.40. The van der Waals surface area contributed by atoms with E-state index in [1.165, 1.54) is 0 Å². The lowest BCUT2D eigenvalue weighted by atomic mass is 10.1. The smallest absolute Gasteiger partial charge is 0.261 e. The van der Waals surface area contributed by atoms with Gasteiger partial charge in [-0.1, -0.05) is 17.7 Å². The van der Waals surface area contributed by atoms with Gasteiger partial charge in [-0.05, 0) is 38.8 Å². The van der Waals surface area contributed by atoms with Crippen LogP contribution in [-0.4, -0.2) is 49.0 Å². The van der Waals surface area contributed by atoms with Crippen LogP contribution in [0.5, 0.6) is 0 Å². The minimum atomic E-state index is -2.21. The van der Waals surface area contributed by atoms with E-state index in [4.69, 9.17) is 0 Å². The molecule has 0 atom stereocenters. The normalized spacial score (nSPS) is 11.3. The zero-order valence-corrected chi connectivity index (χ0v) is 13.9. The highest BCUT2D eigenvalue weighted by Crippen LogP contribution is 2.33. The first-order valence-electron chi connectivity index (χ1n) is 6.74. The van der Waals surface area contributed by atoms with E-state index in [0.717, 1.165) is 16.8 Å². The molecule has 1 amide bonds. The zero-order chi connectivity index (χ0) is 16.0.